The largest absolute Gasteiger partial charge is 0.253 e. The van der Waals surface area contributed by atoms with Gasteiger partial charge >= 0.3 is 0 Å². The lowest BCUT2D eigenvalue weighted by atomic mass is 10.6. The number of nitrogens with zero attached hydrogens (tertiary/aromatic N) is 1. The molecule has 2 bridgehead atoms. The van der Waals surface area contributed by atoms with Gasteiger partial charge in [0, 0.05) is 24.6 Å². The third-order valence-corrected chi connectivity index (χ3v) is 3.29. The van der Waals surface area contributed by atoms with Gasteiger partial charge in [0.2, 0.25) is 0 Å². The highest BCUT2D eigenvalue weighted by Crippen LogP contribution is 2.39. The maximum absolute atomic E-state index is 5.37. The van der Waals surface area contributed by atoms with Crippen LogP contribution in [0.1, 0.15) is 0 Å². The van der Waals surface area contributed by atoms with Gasteiger partial charge in [-0.1, -0.05) is 0 Å². The minimum absolute atomic E-state index is 0.0571. The first kappa shape index (κ1) is 4.18. The molecule has 42 valence electrons. The first-order chi connectivity index (χ1) is 3.45. The van der Waals surface area contributed by atoms with Crippen molar-refractivity contribution < 1.29 is 4.28 Å². The highest BCUT2D eigenvalue weighted by Gasteiger charge is 2.27. The molecule has 0 atom stereocenters. The molecule has 0 aromatic carbocycles. The zero-order valence-corrected chi connectivity index (χ0v) is 5.03. The summed E-state index contributed by atoms with van der Waals surface area (Å²) in [4.78, 5) is 0. The third-order valence-electron chi connectivity index (χ3n) is 1.43. The van der Waals surface area contributed by atoms with Crippen molar-refractivity contribution in [1.82, 2.24) is 5.06 Å². The van der Waals surface area contributed by atoms with E-state index in [1.807, 2.05) is 0 Å². The van der Waals surface area contributed by atoms with Gasteiger partial charge in [-0.05, 0) is 0 Å². The molecule has 0 amide bonds. The van der Waals surface area contributed by atoms with Crippen LogP contribution in [0.5, 0.6) is 0 Å². The van der Waals surface area contributed by atoms with Gasteiger partial charge in [0.25, 0.3) is 0 Å². The normalized spacial score (nSPS) is 53.1. The number of rotatable bonds is 0. The summed E-state index contributed by atoms with van der Waals surface area (Å²) < 4.78 is 5.37. The molecule has 2 aliphatic rings. The molecule has 3 heteroatoms. The average molecular weight is 119 g/mol. The molecular formula is C4H9NOS. The van der Waals surface area contributed by atoms with Gasteiger partial charge in [-0.25, -0.2) is 0 Å². The Balaban J connectivity index is 2.12. The monoisotopic (exact) mass is 119 g/mol. The van der Waals surface area contributed by atoms with Crippen molar-refractivity contribution in [3.8, 4) is 0 Å². The Kier molecular flexibility index (Phi) is 0.818. The third kappa shape index (κ3) is 0.561. The summed E-state index contributed by atoms with van der Waals surface area (Å²) in [6.45, 7) is 2.40. The molecule has 7 heavy (non-hydrogen) atoms. The fraction of sp³-hybridized carbons (Fsp3) is 1.00. The van der Waals surface area contributed by atoms with Crippen LogP contribution in [0.3, 0.4) is 0 Å². The summed E-state index contributed by atoms with van der Waals surface area (Å²) in [5.74, 6) is 2.66. The second-order valence-corrected chi connectivity index (χ2v) is 3.96. The lowest BCUT2D eigenvalue weighted by molar-refractivity contribution is 0.00702. The molecule has 0 aromatic heterocycles. The zero-order valence-electron chi connectivity index (χ0n) is 4.13. The molecule has 0 spiro atoms. The van der Waals surface area contributed by atoms with Gasteiger partial charge in [-0.2, -0.15) is 5.06 Å². The molecular weight excluding hydrogens is 110 g/mol. The van der Waals surface area contributed by atoms with E-state index >= 15 is 0 Å². The summed E-state index contributed by atoms with van der Waals surface area (Å²) in [7, 11) is 0. The number of hydroxylamine groups is 2. The minimum atomic E-state index is 0.0571. The molecule has 0 N–H and O–H groups in total. The summed E-state index contributed by atoms with van der Waals surface area (Å²) >= 11 is 0.0571. The van der Waals surface area contributed by atoms with Crippen LogP contribution in [0, 0.1) is 0 Å². The Morgan fingerprint density at radius 3 is 2.14 bits per heavy atom. The van der Waals surface area contributed by atoms with E-state index in [9.17, 15) is 0 Å². The summed E-state index contributed by atoms with van der Waals surface area (Å²) in [6.07, 6.45) is 0. The Bertz CT molecular complexity index is 69.8. The Morgan fingerprint density at radius 1 is 1.29 bits per heavy atom. The van der Waals surface area contributed by atoms with E-state index in [4.69, 9.17) is 4.28 Å². The molecule has 0 aliphatic carbocycles. The summed E-state index contributed by atoms with van der Waals surface area (Å²) in [6, 6.07) is 0. The maximum Gasteiger partial charge on any atom is 0.0346 e. The second-order valence-electron chi connectivity index (χ2n) is 1.94. The lowest BCUT2D eigenvalue weighted by Gasteiger charge is -2.04. The molecule has 0 aromatic rings. The molecule has 2 nitrogen and oxygen atoms in total. The highest BCUT2D eigenvalue weighted by atomic mass is 32.2. The molecule has 0 radical (unpaired) electrons. The first-order valence-corrected chi connectivity index (χ1v) is 4.26. The van der Waals surface area contributed by atoms with Gasteiger partial charge in [0.05, 0.1) is 0 Å². The van der Waals surface area contributed by atoms with Crippen molar-refractivity contribution in [2.45, 2.75) is 0 Å². The lowest BCUT2D eigenvalue weighted by Crippen LogP contribution is -2.19. The predicted octanol–water partition coefficient (Wildman–Crippen LogP) is 0.163. The Morgan fingerprint density at radius 2 is 2.00 bits per heavy atom. The van der Waals surface area contributed by atoms with Gasteiger partial charge in [0.15, 0.2) is 0 Å². The van der Waals surface area contributed by atoms with Crippen molar-refractivity contribution in [1.29, 1.82) is 0 Å². The topological polar surface area (TPSA) is 12.5 Å². The van der Waals surface area contributed by atoms with Gasteiger partial charge in [-0.3, -0.25) is 4.28 Å². The molecule has 2 heterocycles. The smallest absolute Gasteiger partial charge is 0.0346 e. The van der Waals surface area contributed by atoms with Crippen molar-refractivity contribution in [2.75, 3.05) is 24.6 Å². The van der Waals surface area contributed by atoms with E-state index in [1.54, 1.807) is 0 Å². The fourth-order valence-corrected chi connectivity index (χ4v) is 2.77. The van der Waals surface area contributed by atoms with Crippen LogP contribution in [0.25, 0.3) is 0 Å². The van der Waals surface area contributed by atoms with Crippen LogP contribution in [0.15, 0.2) is 0 Å². The maximum atomic E-state index is 5.37. The Hall–Kier alpha value is 0.270. The van der Waals surface area contributed by atoms with Crippen LogP contribution in [-0.2, 0) is 4.28 Å². The second kappa shape index (κ2) is 1.37. The quantitative estimate of drug-likeness (QED) is 0.456. The van der Waals surface area contributed by atoms with Crippen LogP contribution < -0.4 is 0 Å². The fourth-order valence-electron chi connectivity index (χ4n) is 0.996. The number of fused-ring (bicyclic) bond motifs is 2. The molecule has 2 rings (SSSR count). The van der Waals surface area contributed by atoms with E-state index in [2.05, 4.69) is 5.06 Å². The van der Waals surface area contributed by atoms with E-state index in [0.717, 1.165) is 0 Å². The van der Waals surface area contributed by atoms with E-state index in [1.165, 1.54) is 24.6 Å². The number of thiol groups is 1. The van der Waals surface area contributed by atoms with Crippen LogP contribution >= 0.6 is 11.2 Å². The zero-order chi connectivity index (χ0) is 4.69. The highest BCUT2D eigenvalue weighted by molar-refractivity contribution is 8.13. The van der Waals surface area contributed by atoms with Crippen LogP contribution in [0.4, 0.5) is 0 Å². The summed E-state index contributed by atoms with van der Waals surface area (Å²) in [5.41, 5.74) is 0. The number of hydrogen-bond acceptors (Lipinski definition) is 2. The molecule has 2 aliphatic heterocycles. The molecule has 2 fully saturated rings. The minimum Gasteiger partial charge on any atom is -0.253 e. The van der Waals surface area contributed by atoms with E-state index in [0.29, 0.717) is 0 Å². The standard InChI is InChI=1S/C4H9NOS/c1-3-7-4-2-5(1)6-7/h7H,1-4H2. The molecule has 2 saturated heterocycles. The van der Waals surface area contributed by atoms with E-state index < -0.39 is 0 Å². The van der Waals surface area contributed by atoms with Crippen LogP contribution in [-0.4, -0.2) is 29.7 Å². The van der Waals surface area contributed by atoms with Crippen molar-refractivity contribution >= 4 is 11.2 Å². The van der Waals surface area contributed by atoms with Gasteiger partial charge in [0.1, 0.15) is 0 Å². The first-order valence-electron chi connectivity index (χ1n) is 2.63. The number of hydrogen-bond donors (Lipinski definition) is 1. The summed E-state index contributed by atoms with van der Waals surface area (Å²) in [5, 5.41) is 2.09. The van der Waals surface area contributed by atoms with Gasteiger partial charge < -0.3 is 0 Å². The van der Waals surface area contributed by atoms with E-state index in [-0.39, 0.29) is 11.2 Å². The van der Waals surface area contributed by atoms with Crippen molar-refractivity contribution in [3.63, 3.8) is 0 Å². The average Bonchev–Trinajstić information content (AvgIpc) is 2.22. The Labute approximate surface area is 45.9 Å². The molecule has 0 saturated carbocycles. The SMILES string of the molecule is C1C[SH]2CCN1O2. The molecule has 0 unspecified atom stereocenters. The predicted molar refractivity (Wildman–Crippen MR) is 31.4 cm³/mol. The van der Waals surface area contributed by atoms with Crippen molar-refractivity contribution in [2.24, 2.45) is 0 Å². The van der Waals surface area contributed by atoms with Crippen LogP contribution in [0.2, 0.25) is 0 Å². The van der Waals surface area contributed by atoms with Gasteiger partial charge in [-0.15, -0.1) is 11.2 Å². The van der Waals surface area contributed by atoms with Crippen molar-refractivity contribution in [3.05, 3.63) is 0 Å².